The molecule has 102 valence electrons. The van der Waals surface area contributed by atoms with Crippen LogP contribution in [0.1, 0.15) is 21.6 Å². The predicted molar refractivity (Wildman–Crippen MR) is 74.7 cm³/mol. The van der Waals surface area contributed by atoms with Gasteiger partial charge in [-0.15, -0.1) is 0 Å². The van der Waals surface area contributed by atoms with Gasteiger partial charge in [-0.2, -0.15) is 0 Å². The van der Waals surface area contributed by atoms with Gasteiger partial charge in [0.2, 0.25) is 0 Å². The fourth-order valence-electron chi connectivity index (χ4n) is 1.67. The highest BCUT2D eigenvalue weighted by atomic mass is 16.4. The Morgan fingerprint density at radius 2 is 1.85 bits per heavy atom. The third kappa shape index (κ3) is 3.65. The Balaban J connectivity index is 2.04. The second-order valence-electron chi connectivity index (χ2n) is 4.43. The molecular formula is C15H14N2O3. The zero-order valence-electron chi connectivity index (χ0n) is 11.0. The van der Waals surface area contributed by atoms with Gasteiger partial charge in [0.05, 0.1) is 24.0 Å². The molecule has 5 nitrogen and oxygen atoms in total. The van der Waals surface area contributed by atoms with Gasteiger partial charge in [0.1, 0.15) is 0 Å². The number of aliphatic carboxylic acids is 1. The molecule has 0 saturated carbocycles. The number of anilines is 1. The van der Waals surface area contributed by atoms with Gasteiger partial charge in [-0.05, 0) is 31.2 Å². The summed E-state index contributed by atoms with van der Waals surface area (Å²) in [6.45, 7) is 1.95. The molecule has 0 saturated heterocycles. The number of aryl methyl sites for hydroxylation is 1. The number of nitrogens with one attached hydrogen (secondary N) is 1. The number of rotatable bonds is 4. The van der Waals surface area contributed by atoms with Crippen molar-refractivity contribution in [2.75, 3.05) is 5.32 Å². The average Bonchev–Trinajstić information content (AvgIpc) is 2.41. The van der Waals surface area contributed by atoms with Gasteiger partial charge in [0.15, 0.2) is 0 Å². The van der Waals surface area contributed by atoms with Crippen LogP contribution in [0.15, 0.2) is 42.6 Å². The summed E-state index contributed by atoms with van der Waals surface area (Å²) in [4.78, 5) is 26.5. The summed E-state index contributed by atoms with van der Waals surface area (Å²) in [6, 6.07) is 10.4. The summed E-state index contributed by atoms with van der Waals surface area (Å²) in [5.41, 5.74) is 2.63. The summed E-state index contributed by atoms with van der Waals surface area (Å²) < 4.78 is 0. The van der Waals surface area contributed by atoms with E-state index in [0.29, 0.717) is 16.9 Å². The average molecular weight is 270 g/mol. The van der Waals surface area contributed by atoms with Crippen molar-refractivity contribution >= 4 is 17.6 Å². The van der Waals surface area contributed by atoms with Gasteiger partial charge >= 0.3 is 5.97 Å². The van der Waals surface area contributed by atoms with Gasteiger partial charge in [-0.3, -0.25) is 14.6 Å². The monoisotopic (exact) mass is 270 g/mol. The number of aromatic nitrogens is 1. The lowest BCUT2D eigenvalue weighted by atomic mass is 10.1. The molecule has 1 amide bonds. The minimum atomic E-state index is -0.936. The first-order chi connectivity index (χ1) is 9.54. The third-order valence-electron chi connectivity index (χ3n) is 2.73. The van der Waals surface area contributed by atoms with Crippen molar-refractivity contribution in [3.8, 4) is 0 Å². The maximum absolute atomic E-state index is 12.0. The van der Waals surface area contributed by atoms with Gasteiger partial charge in [-0.1, -0.05) is 17.7 Å². The summed E-state index contributed by atoms with van der Waals surface area (Å²) in [5.74, 6) is -1.16. The van der Waals surface area contributed by atoms with Crippen LogP contribution in [0.2, 0.25) is 0 Å². The molecule has 1 aromatic carbocycles. The molecule has 2 rings (SSSR count). The highest BCUT2D eigenvalue weighted by molar-refractivity contribution is 6.04. The standard InChI is InChI=1S/C15H14N2O3/c1-10-2-4-11(5-3-10)15(20)17-13-7-6-12(16-9-13)8-14(18)19/h2-7,9H,8H2,1H3,(H,17,20)(H,18,19). The molecule has 2 N–H and O–H groups in total. The quantitative estimate of drug-likeness (QED) is 0.893. The van der Waals surface area contributed by atoms with E-state index in [4.69, 9.17) is 5.11 Å². The smallest absolute Gasteiger partial charge is 0.309 e. The Morgan fingerprint density at radius 1 is 1.15 bits per heavy atom. The number of hydrogen-bond donors (Lipinski definition) is 2. The van der Waals surface area contributed by atoms with Crippen LogP contribution in [-0.2, 0) is 11.2 Å². The van der Waals surface area contributed by atoms with Crippen molar-refractivity contribution in [1.29, 1.82) is 0 Å². The van der Waals surface area contributed by atoms with Gasteiger partial charge in [0.25, 0.3) is 5.91 Å². The van der Waals surface area contributed by atoms with Crippen molar-refractivity contribution in [2.24, 2.45) is 0 Å². The number of carbonyl (C=O) groups excluding carboxylic acids is 1. The maximum atomic E-state index is 12.0. The summed E-state index contributed by atoms with van der Waals surface area (Å²) in [5, 5.41) is 11.4. The van der Waals surface area contributed by atoms with Crippen LogP contribution >= 0.6 is 0 Å². The van der Waals surface area contributed by atoms with Crippen LogP contribution in [-0.4, -0.2) is 22.0 Å². The van der Waals surface area contributed by atoms with E-state index in [9.17, 15) is 9.59 Å². The molecule has 0 spiro atoms. The molecule has 20 heavy (non-hydrogen) atoms. The summed E-state index contributed by atoms with van der Waals surface area (Å²) in [7, 11) is 0. The first kappa shape index (κ1) is 13.7. The fourth-order valence-corrected chi connectivity index (χ4v) is 1.67. The number of carboxylic acids is 1. The highest BCUT2D eigenvalue weighted by Crippen LogP contribution is 2.10. The lowest BCUT2D eigenvalue weighted by Gasteiger charge is -2.05. The number of hydrogen-bond acceptors (Lipinski definition) is 3. The zero-order valence-corrected chi connectivity index (χ0v) is 11.0. The van der Waals surface area contributed by atoms with Crippen molar-refractivity contribution in [3.63, 3.8) is 0 Å². The van der Waals surface area contributed by atoms with Crippen LogP contribution in [0.4, 0.5) is 5.69 Å². The molecule has 0 aliphatic rings. The third-order valence-corrected chi connectivity index (χ3v) is 2.73. The molecule has 0 aliphatic carbocycles. The van der Waals surface area contributed by atoms with Crippen LogP contribution in [0.3, 0.4) is 0 Å². The first-order valence-electron chi connectivity index (χ1n) is 6.09. The van der Waals surface area contributed by atoms with Crippen LogP contribution in [0.5, 0.6) is 0 Å². The van der Waals surface area contributed by atoms with Crippen molar-refractivity contribution < 1.29 is 14.7 Å². The summed E-state index contributed by atoms with van der Waals surface area (Å²) in [6.07, 6.45) is 1.32. The van der Waals surface area contributed by atoms with Gasteiger partial charge in [0, 0.05) is 5.56 Å². The van der Waals surface area contributed by atoms with E-state index in [1.807, 2.05) is 19.1 Å². The van der Waals surface area contributed by atoms with E-state index in [2.05, 4.69) is 10.3 Å². The van der Waals surface area contributed by atoms with E-state index < -0.39 is 5.97 Å². The summed E-state index contributed by atoms with van der Waals surface area (Å²) >= 11 is 0. The number of carboxylic acid groups (broad SMARTS) is 1. The highest BCUT2D eigenvalue weighted by Gasteiger charge is 2.06. The number of carbonyl (C=O) groups is 2. The van der Waals surface area contributed by atoms with E-state index in [-0.39, 0.29) is 12.3 Å². The molecule has 0 atom stereocenters. The van der Waals surface area contributed by atoms with Gasteiger partial charge < -0.3 is 10.4 Å². The minimum Gasteiger partial charge on any atom is -0.481 e. The maximum Gasteiger partial charge on any atom is 0.309 e. The topological polar surface area (TPSA) is 79.3 Å². The number of nitrogens with zero attached hydrogens (tertiary/aromatic N) is 1. The fraction of sp³-hybridized carbons (Fsp3) is 0.133. The number of amides is 1. The molecule has 1 aromatic heterocycles. The van der Waals surface area contributed by atoms with Crippen molar-refractivity contribution in [3.05, 3.63) is 59.4 Å². The first-order valence-corrected chi connectivity index (χ1v) is 6.09. The predicted octanol–water partition coefficient (Wildman–Crippen LogP) is 2.27. The SMILES string of the molecule is Cc1ccc(C(=O)Nc2ccc(CC(=O)O)nc2)cc1. The Labute approximate surface area is 116 Å². The van der Waals surface area contributed by atoms with Crippen LogP contribution in [0.25, 0.3) is 0 Å². The molecule has 0 fully saturated rings. The zero-order chi connectivity index (χ0) is 14.5. The van der Waals surface area contributed by atoms with E-state index >= 15 is 0 Å². The van der Waals surface area contributed by atoms with E-state index in [0.717, 1.165) is 5.56 Å². The molecule has 0 radical (unpaired) electrons. The molecule has 0 bridgehead atoms. The Morgan fingerprint density at radius 3 is 2.40 bits per heavy atom. The molecule has 0 aliphatic heterocycles. The lowest BCUT2D eigenvalue weighted by molar-refractivity contribution is -0.136. The Kier molecular flexibility index (Phi) is 4.10. The van der Waals surface area contributed by atoms with Gasteiger partial charge in [-0.25, -0.2) is 0 Å². The van der Waals surface area contributed by atoms with Crippen LogP contribution in [0, 0.1) is 6.92 Å². The second kappa shape index (κ2) is 5.97. The molecule has 5 heteroatoms. The molecule has 1 heterocycles. The van der Waals surface area contributed by atoms with Crippen LogP contribution < -0.4 is 5.32 Å². The lowest BCUT2D eigenvalue weighted by Crippen LogP contribution is -2.12. The second-order valence-corrected chi connectivity index (χ2v) is 4.43. The largest absolute Gasteiger partial charge is 0.481 e. The van der Waals surface area contributed by atoms with E-state index in [1.54, 1.807) is 24.3 Å². The van der Waals surface area contributed by atoms with E-state index in [1.165, 1.54) is 6.20 Å². The minimum absolute atomic E-state index is 0.133. The Bertz CT molecular complexity index is 619. The molecular weight excluding hydrogens is 256 g/mol. The molecule has 0 unspecified atom stereocenters. The Hall–Kier alpha value is -2.69. The normalized spacial score (nSPS) is 10.1. The van der Waals surface area contributed by atoms with Crippen molar-refractivity contribution in [1.82, 2.24) is 4.98 Å². The number of pyridine rings is 1. The molecule has 2 aromatic rings. The van der Waals surface area contributed by atoms with Crippen molar-refractivity contribution in [2.45, 2.75) is 13.3 Å². The number of benzene rings is 1.